The van der Waals surface area contributed by atoms with Gasteiger partial charge in [0, 0.05) is 26.6 Å². The number of anilines is 1. The largest absolute Gasteiger partial charge is 0.481 e. The fourth-order valence-corrected chi connectivity index (χ4v) is 5.02. The molecule has 0 spiro atoms. The Balaban J connectivity index is 1.92. The van der Waals surface area contributed by atoms with Crippen molar-refractivity contribution in [3.05, 3.63) is 39.2 Å². The van der Waals surface area contributed by atoms with Gasteiger partial charge in [0.2, 0.25) is 5.91 Å². The Morgan fingerprint density at radius 1 is 1.11 bits per heavy atom. The first kappa shape index (κ1) is 20.6. The number of amides is 2. The minimum absolute atomic E-state index is 0.144. The molecule has 2 amide bonds. The summed E-state index contributed by atoms with van der Waals surface area (Å²) in [6, 6.07) is 4.87. The monoisotopic (exact) mass is 440 g/mol. The van der Waals surface area contributed by atoms with Gasteiger partial charge >= 0.3 is 5.97 Å². The number of halogens is 2. The zero-order valence-electron chi connectivity index (χ0n) is 14.7. The van der Waals surface area contributed by atoms with Crippen molar-refractivity contribution in [1.82, 2.24) is 0 Å². The second-order valence-electron chi connectivity index (χ2n) is 6.67. The zero-order valence-corrected chi connectivity index (χ0v) is 17.0. The summed E-state index contributed by atoms with van der Waals surface area (Å²) in [5.41, 5.74) is 6.76. The van der Waals surface area contributed by atoms with E-state index >= 15 is 0 Å². The summed E-state index contributed by atoms with van der Waals surface area (Å²) in [6.07, 6.45) is 2.54. The van der Waals surface area contributed by atoms with E-state index in [0.29, 0.717) is 34.0 Å². The topological polar surface area (TPSA) is 109 Å². The molecule has 3 rings (SSSR count). The van der Waals surface area contributed by atoms with Crippen LogP contribution in [0.1, 0.15) is 36.0 Å². The van der Waals surface area contributed by atoms with E-state index in [4.69, 9.17) is 28.9 Å². The molecule has 1 heterocycles. The lowest BCUT2D eigenvalue weighted by Gasteiger charge is -2.27. The highest BCUT2D eigenvalue weighted by Crippen LogP contribution is 2.40. The number of carboxylic acids is 1. The van der Waals surface area contributed by atoms with E-state index in [-0.39, 0.29) is 10.6 Å². The molecule has 1 aromatic carbocycles. The minimum Gasteiger partial charge on any atom is -0.481 e. The number of primary amides is 1. The quantitative estimate of drug-likeness (QED) is 0.627. The molecule has 1 aliphatic rings. The van der Waals surface area contributed by atoms with Gasteiger partial charge in [0.1, 0.15) is 5.00 Å². The van der Waals surface area contributed by atoms with Crippen LogP contribution in [0.5, 0.6) is 0 Å². The molecule has 1 aromatic heterocycles. The van der Waals surface area contributed by atoms with E-state index in [1.165, 1.54) is 0 Å². The van der Waals surface area contributed by atoms with Crippen LogP contribution in [-0.2, 0) is 9.59 Å². The number of hydrogen-bond acceptors (Lipinski definition) is 4. The van der Waals surface area contributed by atoms with Crippen LogP contribution in [-0.4, -0.2) is 22.9 Å². The van der Waals surface area contributed by atoms with Crippen LogP contribution in [0.2, 0.25) is 10.0 Å². The van der Waals surface area contributed by atoms with Gasteiger partial charge in [-0.25, -0.2) is 0 Å². The van der Waals surface area contributed by atoms with Crippen molar-refractivity contribution >= 4 is 57.3 Å². The third-order valence-corrected chi connectivity index (χ3v) is 6.36. The normalized spacial score (nSPS) is 19.2. The summed E-state index contributed by atoms with van der Waals surface area (Å²) >= 11 is 13.3. The van der Waals surface area contributed by atoms with Gasteiger partial charge in [-0.2, -0.15) is 0 Å². The average molecular weight is 441 g/mol. The number of carbonyl (C=O) groups excluding carboxylic acids is 2. The van der Waals surface area contributed by atoms with Gasteiger partial charge in [-0.15, -0.1) is 11.3 Å². The van der Waals surface area contributed by atoms with Gasteiger partial charge in [-0.1, -0.05) is 42.1 Å². The van der Waals surface area contributed by atoms with Crippen molar-refractivity contribution in [3.63, 3.8) is 0 Å². The highest BCUT2D eigenvalue weighted by molar-refractivity contribution is 7.15. The molecule has 2 aromatic rings. The van der Waals surface area contributed by atoms with E-state index in [1.54, 1.807) is 23.6 Å². The molecular formula is C19H18Cl2N2O4S. The third-order valence-electron chi connectivity index (χ3n) is 4.92. The van der Waals surface area contributed by atoms with Crippen LogP contribution in [0.3, 0.4) is 0 Å². The minimum atomic E-state index is -0.977. The van der Waals surface area contributed by atoms with Gasteiger partial charge in [0.25, 0.3) is 5.91 Å². The van der Waals surface area contributed by atoms with Gasteiger partial charge < -0.3 is 16.2 Å². The molecule has 6 nitrogen and oxygen atoms in total. The highest BCUT2D eigenvalue weighted by atomic mass is 35.5. The Kier molecular flexibility index (Phi) is 6.27. The van der Waals surface area contributed by atoms with Gasteiger partial charge in [0.15, 0.2) is 0 Å². The molecule has 1 fully saturated rings. The highest BCUT2D eigenvalue weighted by Gasteiger charge is 2.36. The number of thiophene rings is 1. The van der Waals surface area contributed by atoms with Crippen LogP contribution >= 0.6 is 34.5 Å². The summed E-state index contributed by atoms with van der Waals surface area (Å²) in [7, 11) is 0. The molecule has 0 unspecified atom stereocenters. The first-order valence-corrected chi connectivity index (χ1v) is 10.3. The van der Waals surface area contributed by atoms with Crippen LogP contribution in [0.25, 0.3) is 11.1 Å². The maximum absolute atomic E-state index is 12.8. The number of benzene rings is 1. The Hall–Kier alpha value is -2.09. The Morgan fingerprint density at radius 2 is 1.79 bits per heavy atom. The molecule has 148 valence electrons. The van der Waals surface area contributed by atoms with E-state index in [9.17, 15) is 19.5 Å². The molecule has 4 N–H and O–H groups in total. The van der Waals surface area contributed by atoms with E-state index in [1.807, 2.05) is 0 Å². The fourth-order valence-electron chi connectivity index (χ4n) is 3.55. The molecule has 9 heteroatoms. The summed E-state index contributed by atoms with van der Waals surface area (Å²) in [5, 5.41) is 14.9. The molecule has 0 saturated heterocycles. The first-order valence-electron chi connectivity index (χ1n) is 8.70. The van der Waals surface area contributed by atoms with Crippen molar-refractivity contribution in [2.24, 2.45) is 17.6 Å². The predicted octanol–water partition coefficient (Wildman–Crippen LogP) is 4.65. The van der Waals surface area contributed by atoms with Crippen LogP contribution in [0, 0.1) is 11.8 Å². The first-order chi connectivity index (χ1) is 13.3. The lowest BCUT2D eigenvalue weighted by Crippen LogP contribution is -2.36. The summed E-state index contributed by atoms with van der Waals surface area (Å²) < 4.78 is 0. The molecule has 2 atom stereocenters. The predicted molar refractivity (Wildman–Crippen MR) is 110 cm³/mol. The number of hydrogen-bond donors (Lipinski definition) is 3. The molecular weight excluding hydrogens is 423 g/mol. The smallest absolute Gasteiger partial charge is 0.307 e. The Bertz CT molecular complexity index is 944. The van der Waals surface area contributed by atoms with Crippen molar-refractivity contribution < 1.29 is 19.5 Å². The lowest BCUT2D eigenvalue weighted by molar-refractivity contribution is -0.147. The standard InChI is InChI=1S/C19H18Cl2N2O4S/c20-9-5-6-10(14(21)7-9)13-8-28-18(15(13)16(22)24)23-17(25)11-3-1-2-4-12(11)19(26)27/h5-8,11-12H,1-4H2,(H2,22,24)(H,23,25)(H,26,27)/t11-,12+/m1/s1. The van der Waals surface area contributed by atoms with E-state index < -0.39 is 29.6 Å². The van der Waals surface area contributed by atoms with Gasteiger partial charge in [0.05, 0.1) is 17.4 Å². The number of rotatable bonds is 5. The number of nitrogens with one attached hydrogen (secondary N) is 1. The van der Waals surface area contributed by atoms with Crippen LogP contribution in [0.4, 0.5) is 5.00 Å². The maximum atomic E-state index is 12.8. The summed E-state index contributed by atoms with van der Waals surface area (Å²) in [5.74, 6) is -3.47. The average Bonchev–Trinajstić information content (AvgIpc) is 3.05. The van der Waals surface area contributed by atoms with Crippen molar-refractivity contribution in [2.45, 2.75) is 25.7 Å². The zero-order chi connectivity index (χ0) is 20.4. The molecule has 28 heavy (non-hydrogen) atoms. The second kappa shape index (κ2) is 8.51. The van der Waals surface area contributed by atoms with Crippen LogP contribution in [0.15, 0.2) is 23.6 Å². The molecule has 0 bridgehead atoms. The maximum Gasteiger partial charge on any atom is 0.307 e. The van der Waals surface area contributed by atoms with Crippen molar-refractivity contribution in [1.29, 1.82) is 0 Å². The molecule has 1 saturated carbocycles. The third kappa shape index (κ3) is 4.16. The van der Waals surface area contributed by atoms with Gasteiger partial charge in [-0.05, 0) is 25.0 Å². The Labute approximate surface area is 175 Å². The van der Waals surface area contributed by atoms with Gasteiger partial charge in [-0.3, -0.25) is 14.4 Å². The number of nitrogens with two attached hydrogens (primary N) is 1. The Morgan fingerprint density at radius 3 is 2.39 bits per heavy atom. The lowest BCUT2D eigenvalue weighted by atomic mass is 9.78. The van der Waals surface area contributed by atoms with Crippen LogP contribution < -0.4 is 11.1 Å². The number of carbonyl (C=O) groups is 3. The SMILES string of the molecule is NC(=O)c1c(-c2ccc(Cl)cc2Cl)csc1NC(=O)[C@@H]1CCCC[C@@H]1C(=O)O. The number of carboxylic acid groups (broad SMARTS) is 1. The second-order valence-corrected chi connectivity index (χ2v) is 8.39. The molecule has 1 aliphatic carbocycles. The summed E-state index contributed by atoms with van der Waals surface area (Å²) in [4.78, 5) is 36.3. The number of aliphatic carboxylic acids is 1. The fraction of sp³-hybridized carbons (Fsp3) is 0.316. The van der Waals surface area contributed by atoms with E-state index in [2.05, 4.69) is 5.32 Å². The van der Waals surface area contributed by atoms with Crippen molar-refractivity contribution in [3.8, 4) is 11.1 Å². The molecule has 0 aliphatic heterocycles. The van der Waals surface area contributed by atoms with E-state index in [0.717, 1.165) is 24.2 Å². The molecule has 0 radical (unpaired) electrons. The summed E-state index contributed by atoms with van der Waals surface area (Å²) in [6.45, 7) is 0. The van der Waals surface area contributed by atoms with Crippen molar-refractivity contribution in [2.75, 3.05) is 5.32 Å².